The van der Waals surface area contributed by atoms with Crippen LogP contribution >= 0.6 is 0 Å². The Morgan fingerprint density at radius 1 is 1.10 bits per heavy atom. The van der Waals surface area contributed by atoms with E-state index in [2.05, 4.69) is 0 Å². The van der Waals surface area contributed by atoms with E-state index in [1.54, 1.807) is 0 Å². The summed E-state index contributed by atoms with van der Waals surface area (Å²) in [6, 6.07) is 0. The zero-order valence-corrected chi connectivity index (χ0v) is 10.2. The van der Waals surface area contributed by atoms with Gasteiger partial charge in [-0.2, -0.15) is 0 Å². The van der Waals surface area contributed by atoms with Crippen LogP contribution in [0, 0.1) is 0 Å². The Bertz CT molecular complexity index is 80.8. The SMILES string of the molecule is NCCC([SiH2]O)([SiH2]O)[SiH2]O. The van der Waals surface area contributed by atoms with Crippen molar-refractivity contribution in [1.29, 1.82) is 0 Å². The molecule has 0 bridgehead atoms. The van der Waals surface area contributed by atoms with Crippen molar-refractivity contribution in [2.24, 2.45) is 5.73 Å². The molecule has 7 heteroatoms. The molecular weight excluding hydrogens is 182 g/mol. The van der Waals surface area contributed by atoms with Crippen LogP contribution in [0.1, 0.15) is 6.42 Å². The van der Waals surface area contributed by atoms with Gasteiger partial charge in [0.2, 0.25) is 0 Å². The van der Waals surface area contributed by atoms with Crippen molar-refractivity contribution in [3.05, 3.63) is 0 Å². The summed E-state index contributed by atoms with van der Waals surface area (Å²) in [6.45, 7) is 0.467. The van der Waals surface area contributed by atoms with E-state index >= 15 is 0 Å². The Morgan fingerprint density at radius 2 is 1.50 bits per heavy atom. The topological polar surface area (TPSA) is 86.7 Å². The summed E-state index contributed by atoms with van der Waals surface area (Å²) in [5.41, 5.74) is 5.27. The van der Waals surface area contributed by atoms with Gasteiger partial charge in [0.25, 0.3) is 0 Å². The van der Waals surface area contributed by atoms with Gasteiger partial charge in [-0.15, -0.1) is 0 Å². The van der Waals surface area contributed by atoms with E-state index in [4.69, 9.17) is 20.1 Å². The van der Waals surface area contributed by atoms with E-state index < -0.39 is 29.3 Å². The molecule has 0 radical (unpaired) electrons. The molecule has 0 fully saturated rings. The summed E-state index contributed by atoms with van der Waals surface area (Å²) < 4.78 is -0.366. The first-order valence-electron chi connectivity index (χ1n) is 3.27. The van der Waals surface area contributed by atoms with Gasteiger partial charge in [0.15, 0.2) is 29.3 Å². The average Bonchev–Trinajstić information content (AvgIpc) is 2.01. The van der Waals surface area contributed by atoms with Crippen LogP contribution in [0.2, 0.25) is 4.28 Å². The van der Waals surface area contributed by atoms with Gasteiger partial charge < -0.3 is 20.1 Å². The van der Waals surface area contributed by atoms with Crippen molar-refractivity contribution in [2.45, 2.75) is 10.7 Å². The minimum absolute atomic E-state index is 0.366. The highest BCUT2D eigenvalue weighted by Crippen LogP contribution is 2.22. The van der Waals surface area contributed by atoms with Gasteiger partial charge in [0.1, 0.15) is 0 Å². The van der Waals surface area contributed by atoms with E-state index in [1.807, 2.05) is 0 Å². The Labute approximate surface area is 67.3 Å². The number of nitrogens with two attached hydrogens (primary N) is 1. The molecule has 0 unspecified atom stereocenters. The second-order valence-electron chi connectivity index (χ2n) is 2.51. The first kappa shape index (κ1) is 10.5. The molecule has 5 N–H and O–H groups in total. The monoisotopic (exact) mass is 197 g/mol. The van der Waals surface area contributed by atoms with Crippen LogP contribution in [-0.2, 0) is 0 Å². The molecule has 0 heterocycles. The smallest absolute Gasteiger partial charge is 0.161 e. The minimum atomic E-state index is -1.25. The normalized spacial score (nSPS) is 20.4. The van der Waals surface area contributed by atoms with E-state index in [0.717, 1.165) is 0 Å². The quantitative estimate of drug-likeness (QED) is 0.336. The molecule has 0 aromatic heterocycles. The van der Waals surface area contributed by atoms with Gasteiger partial charge in [0, 0.05) is 4.28 Å². The van der Waals surface area contributed by atoms with Gasteiger partial charge in [0.05, 0.1) is 0 Å². The molecule has 0 aromatic rings. The van der Waals surface area contributed by atoms with E-state index in [1.165, 1.54) is 0 Å². The van der Waals surface area contributed by atoms with Gasteiger partial charge in [-0.05, 0) is 13.0 Å². The third-order valence-corrected chi connectivity index (χ3v) is 8.78. The summed E-state index contributed by atoms with van der Waals surface area (Å²) >= 11 is 0. The second kappa shape index (κ2) is 5.18. The average molecular weight is 197 g/mol. The Kier molecular flexibility index (Phi) is 5.44. The highest BCUT2D eigenvalue weighted by molar-refractivity contribution is 6.72. The molecule has 0 aliphatic rings. The zero-order valence-electron chi connectivity index (χ0n) is 5.95. The maximum absolute atomic E-state index is 8.94. The Morgan fingerprint density at radius 3 is 1.60 bits per heavy atom. The van der Waals surface area contributed by atoms with Crippen molar-refractivity contribution in [1.82, 2.24) is 0 Å². The first-order chi connectivity index (χ1) is 4.74. The molecule has 0 aliphatic heterocycles. The summed E-state index contributed by atoms with van der Waals surface area (Å²) in [4.78, 5) is 26.8. The predicted octanol–water partition coefficient (Wildman–Crippen LogP) is -4.36. The van der Waals surface area contributed by atoms with E-state index in [9.17, 15) is 0 Å². The number of rotatable bonds is 5. The molecule has 0 aliphatic carbocycles. The van der Waals surface area contributed by atoms with Gasteiger partial charge in [-0.3, -0.25) is 0 Å². The maximum Gasteiger partial charge on any atom is 0.161 e. The second-order valence-corrected chi connectivity index (χ2v) is 11.0. The lowest BCUT2D eigenvalue weighted by atomic mass is 10.5. The Balaban J connectivity index is 3.87. The summed E-state index contributed by atoms with van der Waals surface area (Å²) in [6.07, 6.45) is 0.626. The van der Waals surface area contributed by atoms with Crippen molar-refractivity contribution in [2.75, 3.05) is 6.54 Å². The number of hydrogen-bond donors (Lipinski definition) is 4. The number of hydrogen-bond acceptors (Lipinski definition) is 4. The van der Waals surface area contributed by atoms with Gasteiger partial charge in [-0.25, -0.2) is 0 Å². The van der Waals surface area contributed by atoms with E-state index in [-0.39, 0.29) is 4.28 Å². The maximum atomic E-state index is 8.94. The molecule has 4 nitrogen and oxygen atoms in total. The van der Waals surface area contributed by atoms with Crippen molar-refractivity contribution in [3.63, 3.8) is 0 Å². The fourth-order valence-electron chi connectivity index (χ4n) is 0.693. The van der Waals surface area contributed by atoms with Crippen molar-refractivity contribution < 1.29 is 14.4 Å². The predicted molar refractivity (Wildman–Crippen MR) is 48.7 cm³/mol. The van der Waals surface area contributed by atoms with Gasteiger partial charge in [-0.1, -0.05) is 0 Å². The van der Waals surface area contributed by atoms with Crippen LogP contribution in [0.25, 0.3) is 0 Å². The molecule has 0 atom stereocenters. The highest BCUT2D eigenvalue weighted by atomic mass is 28.4. The van der Waals surface area contributed by atoms with Crippen LogP contribution in [-0.4, -0.2) is 50.2 Å². The third-order valence-electron chi connectivity index (χ3n) is 1.68. The van der Waals surface area contributed by atoms with Crippen molar-refractivity contribution in [3.8, 4) is 0 Å². The fourth-order valence-corrected chi connectivity index (χ4v) is 2.98. The molecule has 62 valence electrons. The van der Waals surface area contributed by atoms with Crippen LogP contribution < -0.4 is 5.73 Å². The fraction of sp³-hybridized carbons (Fsp3) is 1.00. The largest absolute Gasteiger partial charge is 0.438 e. The lowest BCUT2D eigenvalue weighted by Gasteiger charge is -2.24. The lowest BCUT2D eigenvalue weighted by Crippen LogP contribution is -2.35. The molecule has 0 saturated heterocycles. The van der Waals surface area contributed by atoms with Crippen LogP contribution in [0.5, 0.6) is 0 Å². The lowest BCUT2D eigenvalue weighted by molar-refractivity contribution is 0.512. The van der Waals surface area contributed by atoms with Gasteiger partial charge >= 0.3 is 0 Å². The standard InChI is InChI=1S/C3H15NO3Si3/c4-2-1-3(8-5,9-6)10-7/h5-7H,1-2,4,8-10H2. The molecule has 0 amide bonds. The van der Waals surface area contributed by atoms with Crippen LogP contribution in [0.4, 0.5) is 0 Å². The first-order valence-corrected chi connectivity index (χ1v) is 7.29. The Hall–Kier alpha value is 0.491. The molecule has 0 aromatic carbocycles. The third kappa shape index (κ3) is 2.62. The summed E-state index contributed by atoms with van der Waals surface area (Å²) in [5, 5.41) is 0. The highest BCUT2D eigenvalue weighted by Gasteiger charge is 2.29. The van der Waals surface area contributed by atoms with Crippen LogP contribution in [0.15, 0.2) is 0 Å². The molecule has 0 rings (SSSR count). The zero-order chi connectivity index (χ0) is 8.04. The van der Waals surface area contributed by atoms with Crippen LogP contribution in [0.3, 0.4) is 0 Å². The minimum Gasteiger partial charge on any atom is -0.438 e. The molecule has 0 saturated carbocycles. The molecule has 0 spiro atoms. The van der Waals surface area contributed by atoms with E-state index in [0.29, 0.717) is 13.0 Å². The summed E-state index contributed by atoms with van der Waals surface area (Å²) in [7, 11) is -3.74. The molecule has 10 heavy (non-hydrogen) atoms. The summed E-state index contributed by atoms with van der Waals surface area (Å²) in [5.74, 6) is 0. The van der Waals surface area contributed by atoms with Crippen molar-refractivity contribution >= 4 is 29.3 Å². The molecular formula is C3H15NO3Si3.